The van der Waals surface area contributed by atoms with Crippen LogP contribution in [0.25, 0.3) is 0 Å². The average molecular weight is 449 g/mol. The summed E-state index contributed by atoms with van der Waals surface area (Å²) in [6, 6.07) is 21.8. The molecule has 1 aliphatic rings. The van der Waals surface area contributed by atoms with Gasteiger partial charge in [0.05, 0.1) is 16.6 Å². The minimum absolute atomic E-state index is 0.104. The molecule has 0 heterocycles. The molecular weight excluding hydrogens is 420 g/mol. The number of rotatable bonds is 6. The fourth-order valence-corrected chi connectivity index (χ4v) is 5.80. The van der Waals surface area contributed by atoms with E-state index in [4.69, 9.17) is 0 Å². The zero-order valence-electron chi connectivity index (χ0n) is 18.4. The molecular formula is C26H28N2O3S. The predicted molar refractivity (Wildman–Crippen MR) is 127 cm³/mol. The Balaban J connectivity index is 1.66. The summed E-state index contributed by atoms with van der Waals surface area (Å²) in [4.78, 5) is 13.3. The number of sulfonamides is 1. The van der Waals surface area contributed by atoms with Gasteiger partial charge >= 0.3 is 0 Å². The van der Waals surface area contributed by atoms with E-state index in [1.54, 1.807) is 36.4 Å². The topological polar surface area (TPSA) is 66.5 Å². The first-order chi connectivity index (χ1) is 15.4. The van der Waals surface area contributed by atoms with Gasteiger partial charge in [0.1, 0.15) is 6.54 Å². The average Bonchev–Trinajstić information content (AvgIpc) is 2.80. The molecule has 0 aliphatic heterocycles. The first-order valence-electron chi connectivity index (χ1n) is 10.9. The van der Waals surface area contributed by atoms with Crippen LogP contribution in [0, 0.1) is 13.8 Å². The highest BCUT2D eigenvalue weighted by atomic mass is 32.2. The Morgan fingerprint density at radius 2 is 1.69 bits per heavy atom. The molecule has 0 spiro atoms. The number of nitrogens with one attached hydrogen (secondary N) is 1. The minimum atomic E-state index is -3.92. The lowest BCUT2D eigenvalue weighted by Crippen LogP contribution is -2.42. The van der Waals surface area contributed by atoms with Crippen molar-refractivity contribution in [1.82, 2.24) is 5.32 Å². The van der Waals surface area contributed by atoms with Crippen LogP contribution in [0.1, 0.15) is 41.1 Å². The van der Waals surface area contributed by atoms with Crippen molar-refractivity contribution in [2.75, 3.05) is 10.8 Å². The van der Waals surface area contributed by atoms with Gasteiger partial charge in [0.15, 0.2) is 0 Å². The number of hydrogen-bond donors (Lipinski definition) is 1. The van der Waals surface area contributed by atoms with Crippen molar-refractivity contribution in [1.29, 1.82) is 0 Å². The second-order valence-electron chi connectivity index (χ2n) is 8.25. The van der Waals surface area contributed by atoms with Crippen LogP contribution in [-0.4, -0.2) is 20.9 Å². The van der Waals surface area contributed by atoms with Crippen LogP contribution in [0.3, 0.4) is 0 Å². The Kier molecular flexibility index (Phi) is 6.33. The number of amides is 1. The quantitative estimate of drug-likeness (QED) is 0.595. The molecule has 5 nitrogen and oxygen atoms in total. The zero-order chi connectivity index (χ0) is 22.7. The molecule has 32 heavy (non-hydrogen) atoms. The molecule has 0 saturated carbocycles. The van der Waals surface area contributed by atoms with Crippen LogP contribution < -0.4 is 9.62 Å². The Labute approximate surface area is 190 Å². The summed E-state index contributed by atoms with van der Waals surface area (Å²) in [6.45, 7) is 3.54. The number of hydrogen-bond acceptors (Lipinski definition) is 3. The lowest BCUT2D eigenvalue weighted by molar-refractivity contribution is -0.120. The minimum Gasteiger partial charge on any atom is -0.348 e. The van der Waals surface area contributed by atoms with Crippen LogP contribution in [0.5, 0.6) is 0 Å². The highest BCUT2D eigenvalue weighted by Crippen LogP contribution is 2.31. The molecule has 0 unspecified atom stereocenters. The van der Waals surface area contributed by atoms with Crippen LogP contribution in [0.15, 0.2) is 77.7 Å². The maximum absolute atomic E-state index is 13.6. The van der Waals surface area contributed by atoms with E-state index in [1.165, 1.54) is 9.87 Å². The van der Waals surface area contributed by atoms with Gasteiger partial charge < -0.3 is 5.32 Å². The van der Waals surface area contributed by atoms with Crippen molar-refractivity contribution in [2.45, 2.75) is 44.0 Å². The monoisotopic (exact) mass is 448 g/mol. The standard InChI is InChI=1S/C26H28N2O3S/c1-19-10-8-17-25(20(19)2)28(32(30,31)22-13-4-3-5-14-22)18-26(29)27-24-16-9-12-21-11-6-7-15-23(21)24/h3-8,10-11,13-15,17,24H,9,12,16,18H2,1-2H3,(H,27,29)/t24-/m0/s1. The predicted octanol–water partition coefficient (Wildman–Crippen LogP) is 4.69. The molecule has 1 amide bonds. The van der Waals surface area contributed by atoms with Crippen molar-refractivity contribution in [3.63, 3.8) is 0 Å². The summed E-state index contributed by atoms with van der Waals surface area (Å²) < 4.78 is 28.4. The SMILES string of the molecule is Cc1cccc(N(CC(=O)N[C@H]2CCCc3ccccc32)S(=O)(=O)c2ccccc2)c1C. The van der Waals surface area contributed by atoms with Gasteiger partial charge in [-0.05, 0) is 73.6 Å². The Morgan fingerprint density at radius 3 is 2.47 bits per heavy atom. The maximum atomic E-state index is 13.6. The summed E-state index contributed by atoms with van der Waals surface area (Å²) in [5, 5.41) is 3.09. The molecule has 4 rings (SSSR count). The number of anilines is 1. The Hall–Kier alpha value is -3.12. The van der Waals surface area contributed by atoms with Crippen molar-refractivity contribution in [2.24, 2.45) is 0 Å². The summed E-state index contributed by atoms with van der Waals surface area (Å²) in [7, 11) is -3.92. The molecule has 3 aromatic rings. The van der Waals surface area contributed by atoms with E-state index in [9.17, 15) is 13.2 Å². The van der Waals surface area contributed by atoms with Crippen molar-refractivity contribution in [3.8, 4) is 0 Å². The first kappa shape index (κ1) is 22.1. The number of benzene rings is 3. The molecule has 0 saturated heterocycles. The van der Waals surface area contributed by atoms with Crippen LogP contribution in [-0.2, 0) is 21.2 Å². The van der Waals surface area contributed by atoms with Crippen LogP contribution in [0.4, 0.5) is 5.69 Å². The molecule has 166 valence electrons. The van der Waals surface area contributed by atoms with E-state index < -0.39 is 10.0 Å². The van der Waals surface area contributed by atoms with E-state index in [-0.39, 0.29) is 23.4 Å². The van der Waals surface area contributed by atoms with Crippen molar-refractivity contribution >= 4 is 21.6 Å². The van der Waals surface area contributed by atoms with Crippen LogP contribution in [0.2, 0.25) is 0 Å². The molecule has 0 fully saturated rings. The lowest BCUT2D eigenvalue weighted by atomic mass is 9.88. The number of carbonyl (C=O) groups excluding carboxylic acids is 1. The second kappa shape index (κ2) is 9.17. The van der Waals surface area contributed by atoms with Gasteiger partial charge in [0.25, 0.3) is 10.0 Å². The molecule has 0 radical (unpaired) electrons. The number of nitrogens with zero attached hydrogens (tertiary/aromatic N) is 1. The van der Waals surface area contributed by atoms with E-state index in [0.717, 1.165) is 36.0 Å². The molecule has 1 aliphatic carbocycles. The van der Waals surface area contributed by atoms with Gasteiger partial charge in [-0.2, -0.15) is 0 Å². The molecule has 1 atom stereocenters. The highest BCUT2D eigenvalue weighted by molar-refractivity contribution is 7.92. The molecule has 3 aromatic carbocycles. The molecule has 0 bridgehead atoms. The summed E-state index contributed by atoms with van der Waals surface area (Å²) in [5.74, 6) is -0.313. The third-order valence-corrected chi connectivity index (χ3v) is 7.94. The molecule has 1 N–H and O–H groups in total. The van der Waals surface area contributed by atoms with Crippen LogP contribution >= 0.6 is 0 Å². The molecule has 6 heteroatoms. The van der Waals surface area contributed by atoms with Gasteiger partial charge in [0.2, 0.25) is 5.91 Å². The lowest BCUT2D eigenvalue weighted by Gasteiger charge is -2.29. The van der Waals surface area contributed by atoms with Gasteiger partial charge in [-0.3, -0.25) is 9.10 Å². The van der Waals surface area contributed by atoms with E-state index in [2.05, 4.69) is 11.4 Å². The zero-order valence-corrected chi connectivity index (χ0v) is 19.2. The molecule has 0 aromatic heterocycles. The third-order valence-electron chi connectivity index (χ3n) is 6.17. The summed E-state index contributed by atoms with van der Waals surface area (Å²) in [5.41, 5.74) is 4.69. The van der Waals surface area contributed by atoms with Gasteiger partial charge in [-0.25, -0.2) is 8.42 Å². The summed E-state index contributed by atoms with van der Waals surface area (Å²) >= 11 is 0. The van der Waals surface area contributed by atoms with E-state index in [0.29, 0.717) is 5.69 Å². The van der Waals surface area contributed by atoms with Crippen molar-refractivity contribution in [3.05, 3.63) is 95.1 Å². The maximum Gasteiger partial charge on any atom is 0.264 e. The Bertz CT molecular complexity index is 1220. The van der Waals surface area contributed by atoms with E-state index >= 15 is 0 Å². The normalized spacial score (nSPS) is 15.6. The smallest absolute Gasteiger partial charge is 0.264 e. The first-order valence-corrected chi connectivity index (χ1v) is 12.3. The third kappa shape index (κ3) is 4.41. The fraction of sp³-hybridized carbons (Fsp3) is 0.269. The van der Waals surface area contributed by atoms with Crippen molar-refractivity contribution < 1.29 is 13.2 Å². The second-order valence-corrected chi connectivity index (χ2v) is 10.1. The van der Waals surface area contributed by atoms with Gasteiger partial charge in [0, 0.05) is 0 Å². The summed E-state index contributed by atoms with van der Waals surface area (Å²) in [6.07, 6.45) is 2.84. The number of fused-ring (bicyclic) bond motifs is 1. The van der Waals surface area contributed by atoms with E-state index in [1.807, 2.05) is 44.2 Å². The highest BCUT2D eigenvalue weighted by Gasteiger charge is 2.30. The largest absolute Gasteiger partial charge is 0.348 e. The fourth-order valence-electron chi connectivity index (χ4n) is 4.30. The number of aryl methyl sites for hydroxylation is 2. The van der Waals surface area contributed by atoms with Gasteiger partial charge in [-0.1, -0.05) is 54.6 Å². The van der Waals surface area contributed by atoms with Gasteiger partial charge in [-0.15, -0.1) is 0 Å². The number of carbonyl (C=O) groups is 1. The Morgan fingerprint density at radius 1 is 0.969 bits per heavy atom.